The lowest BCUT2D eigenvalue weighted by Gasteiger charge is -2.35. The van der Waals surface area contributed by atoms with Crippen molar-refractivity contribution in [1.82, 2.24) is 9.88 Å². The molecule has 0 atom stereocenters. The predicted molar refractivity (Wildman–Crippen MR) is 92.9 cm³/mol. The molecule has 7 heteroatoms. The summed E-state index contributed by atoms with van der Waals surface area (Å²) in [6, 6.07) is 11.1. The van der Waals surface area contributed by atoms with Gasteiger partial charge in [0.15, 0.2) is 12.4 Å². The number of ether oxygens (including phenoxy) is 1. The Morgan fingerprint density at radius 3 is 2.68 bits per heavy atom. The SMILES string of the molecule is O=C1COc2c(cccc2C(=O)N2CCN(c3ccccn3)CC2)N1. The molecule has 0 unspecified atom stereocenters. The largest absolute Gasteiger partial charge is 0.481 e. The Balaban J connectivity index is 1.48. The molecule has 2 aliphatic heterocycles. The summed E-state index contributed by atoms with van der Waals surface area (Å²) in [7, 11) is 0. The number of hydrogen-bond acceptors (Lipinski definition) is 5. The first-order valence-corrected chi connectivity index (χ1v) is 8.23. The maximum absolute atomic E-state index is 12.9. The second kappa shape index (κ2) is 6.43. The molecule has 1 N–H and O–H groups in total. The summed E-state index contributed by atoms with van der Waals surface area (Å²) < 4.78 is 5.49. The minimum atomic E-state index is -0.207. The smallest absolute Gasteiger partial charge is 0.262 e. The number of hydrogen-bond donors (Lipinski definition) is 1. The summed E-state index contributed by atoms with van der Waals surface area (Å²) in [6.07, 6.45) is 1.77. The quantitative estimate of drug-likeness (QED) is 0.895. The van der Waals surface area contributed by atoms with Crippen LogP contribution in [0.25, 0.3) is 0 Å². The van der Waals surface area contributed by atoms with Gasteiger partial charge < -0.3 is 19.9 Å². The van der Waals surface area contributed by atoms with Gasteiger partial charge in [0.2, 0.25) is 0 Å². The van der Waals surface area contributed by atoms with Crippen molar-refractivity contribution < 1.29 is 14.3 Å². The Kier molecular flexibility index (Phi) is 3.97. The topological polar surface area (TPSA) is 74.8 Å². The van der Waals surface area contributed by atoms with E-state index in [-0.39, 0.29) is 18.4 Å². The fourth-order valence-corrected chi connectivity index (χ4v) is 3.13. The number of pyridine rings is 1. The van der Waals surface area contributed by atoms with E-state index in [9.17, 15) is 9.59 Å². The first-order valence-electron chi connectivity index (χ1n) is 8.23. The maximum atomic E-state index is 12.9. The van der Waals surface area contributed by atoms with Gasteiger partial charge in [0.05, 0.1) is 11.3 Å². The van der Waals surface area contributed by atoms with Gasteiger partial charge in [0, 0.05) is 32.4 Å². The van der Waals surface area contributed by atoms with Crippen LogP contribution >= 0.6 is 0 Å². The summed E-state index contributed by atoms with van der Waals surface area (Å²) in [5.41, 5.74) is 1.04. The normalized spacial score (nSPS) is 16.7. The van der Waals surface area contributed by atoms with Crippen molar-refractivity contribution in [3.05, 3.63) is 48.2 Å². The lowest BCUT2D eigenvalue weighted by molar-refractivity contribution is -0.118. The average Bonchev–Trinajstić information content (AvgIpc) is 2.67. The summed E-state index contributed by atoms with van der Waals surface area (Å²) >= 11 is 0. The van der Waals surface area contributed by atoms with Crippen LogP contribution in [0.3, 0.4) is 0 Å². The van der Waals surface area contributed by atoms with Crippen LogP contribution in [0.2, 0.25) is 0 Å². The van der Waals surface area contributed by atoms with E-state index in [0.29, 0.717) is 30.1 Å². The Morgan fingerprint density at radius 1 is 1.08 bits per heavy atom. The minimum absolute atomic E-state index is 0.0647. The van der Waals surface area contributed by atoms with Crippen molar-refractivity contribution in [2.24, 2.45) is 0 Å². The lowest BCUT2D eigenvalue weighted by atomic mass is 10.1. The van der Waals surface area contributed by atoms with Crippen LogP contribution in [0, 0.1) is 0 Å². The molecular formula is C18H18N4O3. The predicted octanol–water partition coefficient (Wildman–Crippen LogP) is 1.37. The number of benzene rings is 1. The second-order valence-corrected chi connectivity index (χ2v) is 5.99. The molecule has 2 aliphatic rings. The first-order chi connectivity index (χ1) is 12.2. The molecule has 7 nitrogen and oxygen atoms in total. The van der Waals surface area contributed by atoms with Crippen molar-refractivity contribution >= 4 is 23.3 Å². The molecule has 0 saturated carbocycles. The molecule has 0 bridgehead atoms. The highest BCUT2D eigenvalue weighted by atomic mass is 16.5. The molecule has 1 fully saturated rings. The third-order valence-electron chi connectivity index (χ3n) is 4.41. The monoisotopic (exact) mass is 338 g/mol. The van der Waals surface area contributed by atoms with Gasteiger partial charge in [0.1, 0.15) is 5.82 Å². The van der Waals surface area contributed by atoms with Crippen LogP contribution in [0.4, 0.5) is 11.5 Å². The Labute approximate surface area is 145 Å². The van der Waals surface area contributed by atoms with E-state index in [0.717, 1.165) is 18.9 Å². The molecule has 128 valence electrons. The summed E-state index contributed by atoms with van der Waals surface area (Å²) in [6.45, 7) is 2.63. The van der Waals surface area contributed by atoms with E-state index in [1.807, 2.05) is 23.1 Å². The number of carbonyl (C=O) groups excluding carboxylic acids is 2. The van der Waals surface area contributed by atoms with Crippen molar-refractivity contribution in [2.75, 3.05) is 43.0 Å². The van der Waals surface area contributed by atoms with Crippen LogP contribution in [-0.4, -0.2) is 54.5 Å². The van der Waals surface area contributed by atoms with Gasteiger partial charge in [-0.2, -0.15) is 0 Å². The zero-order valence-corrected chi connectivity index (χ0v) is 13.6. The number of rotatable bonds is 2. The number of anilines is 2. The molecule has 0 spiro atoms. The van der Waals surface area contributed by atoms with E-state index in [1.165, 1.54) is 0 Å². The van der Waals surface area contributed by atoms with Crippen molar-refractivity contribution in [3.8, 4) is 5.75 Å². The third-order valence-corrected chi connectivity index (χ3v) is 4.41. The highest BCUT2D eigenvalue weighted by molar-refractivity contribution is 6.03. The fraction of sp³-hybridized carbons (Fsp3) is 0.278. The number of nitrogens with zero attached hydrogens (tertiary/aromatic N) is 3. The van der Waals surface area contributed by atoms with Crippen LogP contribution in [0.5, 0.6) is 5.75 Å². The number of aromatic nitrogens is 1. The van der Waals surface area contributed by atoms with Crippen molar-refractivity contribution in [1.29, 1.82) is 0 Å². The average molecular weight is 338 g/mol. The molecule has 25 heavy (non-hydrogen) atoms. The molecular weight excluding hydrogens is 320 g/mol. The van der Waals surface area contributed by atoms with E-state index in [1.54, 1.807) is 24.4 Å². The second-order valence-electron chi connectivity index (χ2n) is 5.99. The number of carbonyl (C=O) groups is 2. The molecule has 2 amide bonds. The molecule has 1 aromatic heterocycles. The van der Waals surface area contributed by atoms with Crippen molar-refractivity contribution in [2.45, 2.75) is 0 Å². The molecule has 3 heterocycles. The number of para-hydroxylation sites is 1. The molecule has 4 rings (SSSR count). The fourth-order valence-electron chi connectivity index (χ4n) is 3.13. The minimum Gasteiger partial charge on any atom is -0.481 e. The number of amides is 2. The van der Waals surface area contributed by atoms with E-state index >= 15 is 0 Å². The standard InChI is InChI=1S/C18H18N4O3/c23-16-12-25-17-13(4-3-5-14(17)20-16)18(24)22-10-8-21(9-11-22)15-6-1-2-7-19-15/h1-7H,8-12H2,(H,20,23). The van der Waals surface area contributed by atoms with Crippen LogP contribution in [-0.2, 0) is 4.79 Å². The van der Waals surface area contributed by atoms with Gasteiger partial charge in [-0.25, -0.2) is 4.98 Å². The van der Waals surface area contributed by atoms with Gasteiger partial charge in [-0.1, -0.05) is 12.1 Å². The Morgan fingerprint density at radius 2 is 1.92 bits per heavy atom. The van der Waals surface area contributed by atoms with Gasteiger partial charge in [0.25, 0.3) is 11.8 Å². The first kappa shape index (κ1) is 15.4. The summed E-state index contributed by atoms with van der Waals surface area (Å²) in [5.74, 6) is 1.10. The zero-order valence-electron chi connectivity index (χ0n) is 13.6. The van der Waals surface area contributed by atoms with Crippen LogP contribution in [0.1, 0.15) is 10.4 Å². The lowest BCUT2D eigenvalue weighted by Crippen LogP contribution is -2.49. The summed E-state index contributed by atoms with van der Waals surface area (Å²) in [5, 5.41) is 2.74. The Hall–Kier alpha value is -3.09. The van der Waals surface area contributed by atoms with E-state index in [2.05, 4.69) is 15.2 Å². The van der Waals surface area contributed by atoms with Crippen molar-refractivity contribution in [3.63, 3.8) is 0 Å². The third kappa shape index (κ3) is 3.00. The number of nitrogens with one attached hydrogen (secondary N) is 1. The Bertz CT molecular complexity index is 801. The molecule has 1 saturated heterocycles. The molecule has 2 aromatic rings. The highest BCUT2D eigenvalue weighted by Crippen LogP contribution is 2.32. The highest BCUT2D eigenvalue weighted by Gasteiger charge is 2.28. The maximum Gasteiger partial charge on any atom is 0.262 e. The van der Waals surface area contributed by atoms with Gasteiger partial charge in [-0.05, 0) is 24.3 Å². The number of piperazine rings is 1. The number of fused-ring (bicyclic) bond motifs is 1. The van der Waals surface area contributed by atoms with E-state index in [4.69, 9.17) is 4.74 Å². The molecule has 1 aromatic carbocycles. The van der Waals surface area contributed by atoms with Crippen LogP contribution in [0.15, 0.2) is 42.6 Å². The molecule has 0 radical (unpaired) electrons. The zero-order chi connectivity index (χ0) is 17.2. The van der Waals surface area contributed by atoms with Gasteiger partial charge in [-0.15, -0.1) is 0 Å². The molecule has 0 aliphatic carbocycles. The van der Waals surface area contributed by atoms with Crippen LogP contribution < -0.4 is 15.0 Å². The van der Waals surface area contributed by atoms with Gasteiger partial charge in [-0.3, -0.25) is 9.59 Å². The van der Waals surface area contributed by atoms with E-state index < -0.39 is 0 Å². The summed E-state index contributed by atoms with van der Waals surface area (Å²) in [4.78, 5) is 32.7. The van der Waals surface area contributed by atoms with Gasteiger partial charge >= 0.3 is 0 Å².